The summed E-state index contributed by atoms with van der Waals surface area (Å²) in [7, 11) is 0. The van der Waals surface area contributed by atoms with Crippen LogP contribution in [0.1, 0.15) is 41.4 Å². The fourth-order valence-corrected chi connectivity index (χ4v) is 6.61. The van der Waals surface area contributed by atoms with E-state index in [1.54, 1.807) is 30.5 Å². The van der Waals surface area contributed by atoms with E-state index in [-0.39, 0.29) is 24.1 Å². The predicted octanol–water partition coefficient (Wildman–Crippen LogP) is 5.75. The zero-order chi connectivity index (χ0) is 29.6. The average molecular weight is 595 g/mol. The summed E-state index contributed by atoms with van der Waals surface area (Å²) >= 11 is 4.25. The van der Waals surface area contributed by atoms with E-state index < -0.39 is 23.9 Å². The highest BCUT2D eigenvalue weighted by Gasteiger charge is 2.57. The highest BCUT2D eigenvalue weighted by Crippen LogP contribution is 2.54. The van der Waals surface area contributed by atoms with Gasteiger partial charge in [-0.15, -0.1) is 12.6 Å². The number of hydrogen-bond donors (Lipinski definition) is 3. The van der Waals surface area contributed by atoms with E-state index in [2.05, 4.69) is 32.6 Å². The minimum absolute atomic E-state index is 0.0233. The van der Waals surface area contributed by atoms with E-state index in [0.29, 0.717) is 38.2 Å². The number of halogens is 3. The Hall–Kier alpha value is -3.67. The second-order valence-corrected chi connectivity index (χ2v) is 12.1. The van der Waals surface area contributed by atoms with Gasteiger partial charge in [-0.3, -0.25) is 9.78 Å². The third kappa shape index (κ3) is 5.81. The Morgan fingerprint density at radius 1 is 1.17 bits per heavy atom. The molecule has 6 rings (SSSR count). The zero-order valence-electron chi connectivity index (χ0n) is 22.8. The topological polar surface area (TPSA) is 87.6 Å². The van der Waals surface area contributed by atoms with Crippen LogP contribution in [0.15, 0.2) is 65.7 Å². The van der Waals surface area contributed by atoms with Gasteiger partial charge in [0.25, 0.3) is 5.91 Å². The Kier molecular flexibility index (Phi) is 7.36. The number of carbonyl (C=O) groups is 1. The van der Waals surface area contributed by atoms with Crippen LogP contribution in [-0.4, -0.2) is 46.3 Å². The van der Waals surface area contributed by atoms with E-state index in [9.17, 15) is 18.7 Å². The van der Waals surface area contributed by atoms with E-state index in [0.717, 1.165) is 31.7 Å². The maximum absolute atomic E-state index is 15.8. The lowest BCUT2D eigenvalue weighted by molar-refractivity contribution is -0.137. The van der Waals surface area contributed by atoms with Crippen LogP contribution in [-0.2, 0) is 17.9 Å². The number of pyridine rings is 2. The molecule has 1 saturated carbocycles. The molecule has 0 radical (unpaired) electrons. The van der Waals surface area contributed by atoms with E-state index in [1.807, 2.05) is 19.1 Å². The van der Waals surface area contributed by atoms with Crippen molar-refractivity contribution in [1.29, 1.82) is 0 Å². The number of ether oxygens (including phenoxy) is 1. The van der Waals surface area contributed by atoms with Gasteiger partial charge >= 0.3 is 6.61 Å². The third-order valence-electron chi connectivity index (χ3n) is 7.84. The molecule has 11 heteroatoms. The summed E-state index contributed by atoms with van der Waals surface area (Å²) in [5.41, 5.74) is 1.49. The summed E-state index contributed by atoms with van der Waals surface area (Å²) in [6, 6.07) is 15.1. The molecule has 0 unspecified atom stereocenters. The van der Waals surface area contributed by atoms with E-state index in [1.165, 1.54) is 18.2 Å². The molecule has 2 fully saturated rings. The molecule has 2 aromatic heterocycles. The molecule has 1 aliphatic heterocycles. The molecule has 1 amide bonds. The Morgan fingerprint density at radius 3 is 2.69 bits per heavy atom. The van der Waals surface area contributed by atoms with Gasteiger partial charge in [0.2, 0.25) is 0 Å². The van der Waals surface area contributed by atoms with Crippen LogP contribution in [0.25, 0.3) is 22.0 Å². The fourth-order valence-electron chi connectivity index (χ4n) is 6.30. The van der Waals surface area contributed by atoms with Gasteiger partial charge in [0.05, 0.1) is 30.1 Å². The molecule has 1 aliphatic carbocycles. The molecule has 0 bridgehead atoms. The molecule has 7 nitrogen and oxygen atoms in total. The highest BCUT2D eigenvalue weighted by atomic mass is 32.1. The molecular formula is C31H29F3N4O3S. The molecule has 42 heavy (non-hydrogen) atoms. The van der Waals surface area contributed by atoms with Crippen molar-refractivity contribution in [2.75, 3.05) is 18.0 Å². The highest BCUT2D eigenvalue weighted by molar-refractivity contribution is 7.80. The molecule has 0 atom stereocenters. The van der Waals surface area contributed by atoms with Crippen molar-refractivity contribution in [2.24, 2.45) is 5.41 Å². The number of carbonyl (C=O) groups excluding carboxylic acids is 1. The number of fused-ring (bicyclic) bond motifs is 1. The second-order valence-electron chi connectivity index (χ2n) is 11.6. The maximum atomic E-state index is 15.8. The van der Waals surface area contributed by atoms with Gasteiger partial charge in [-0.25, -0.2) is 9.37 Å². The van der Waals surface area contributed by atoms with Crippen LogP contribution in [0.4, 0.5) is 19.0 Å². The van der Waals surface area contributed by atoms with Gasteiger partial charge in [-0.1, -0.05) is 12.1 Å². The van der Waals surface area contributed by atoms with Gasteiger partial charge in [0, 0.05) is 51.5 Å². The zero-order valence-corrected chi connectivity index (χ0v) is 23.7. The van der Waals surface area contributed by atoms with Crippen molar-refractivity contribution < 1.29 is 27.8 Å². The summed E-state index contributed by atoms with van der Waals surface area (Å²) in [5, 5.41) is 13.8. The number of hydrogen-bond acceptors (Lipinski definition) is 7. The number of rotatable bonds is 8. The molecule has 2 N–H and O–H groups in total. The molecule has 3 heterocycles. The lowest BCUT2D eigenvalue weighted by Crippen LogP contribution is -2.67. The van der Waals surface area contributed by atoms with Crippen molar-refractivity contribution in [3.05, 3.63) is 83.4 Å². The number of anilines is 1. The summed E-state index contributed by atoms with van der Waals surface area (Å²) in [4.78, 5) is 24.5. The van der Waals surface area contributed by atoms with Crippen LogP contribution >= 0.6 is 12.6 Å². The van der Waals surface area contributed by atoms with E-state index >= 15 is 4.39 Å². The SMILES string of the molecule is CC1(O)CC2(CN(c3cccc(-c4ccc5cnc(CNC(=O)c6cc(S)cc(COC(F)F)c6)cc5c4F)n3)C2)C1. The smallest absolute Gasteiger partial charge is 0.345 e. The maximum Gasteiger partial charge on any atom is 0.345 e. The van der Waals surface area contributed by atoms with Crippen molar-refractivity contribution in [2.45, 2.75) is 50.0 Å². The monoisotopic (exact) mass is 594 g/mol. The first kappa shape index (κ1) is 28.4. The van der Waals surface area contributed by atoms with Crippen LogP contribution in [0, 0.1) is 11.2 Å². The van der Waals surface area contributed by atoms with Crippen LogP contribution in [0.5, 0.6) is 0 Å². The largest absolute Gasteiger partial charge is 0.390 e. The lowest BCUT2D eigenvalue weighted by Gasteiger charge is -2.62. The van der Waals surface area contributed by atoms with Crippen molar-refractivity contribution >= 4 is 35.1 Å². The first-order chi connectivity index (χ1) is 20.0. The summed E-state index contributed by atoms with van der Waals surface area (Å²) in [5.74, 6) is -0.121. The Balaban J connectivity index is 1.17. The molecule has 2 aliphatic rings. The van der Waals surface area contributed by atoms with Crippen LogP contribution in [0.3, 0.4) is 0 Å². The van der Waals surface area contributed by atoms with Crippen molar-refractivity contribution in [1.82, 2.24) is 15.3 Å². The minimum Gasteiger partial charge on any atom is -0.390 e. The van der Waals surface area contributed by atoms with Crippen molar-refractivity contribution in [3.63, 3.8) is 0 Å². The van der Waals surface area contributed by atoms with Gasteiger partial charge in [-0.2, -0.15) is 8.78 Å². The minimum atomic E-state index is -2.93. The first-order valence-corrected chi connectivity index (χ1v) is 14.0. The normalized spacial score (nSPS) is 16.9. The molecule has 1 spiro atoms. The summed E-state index contributed by atoms with van der Waals surface area (Å²) < 4.78 is 45.0. The van der Waals surface area contributed by atoms with Gasteiger partial charge < -0.3 is 20.1 Å². The number of amides is 1. The van der Waals surface area contributed by atoms with Crippen LogP contribution in [0.2, 0.25) is 0 Å². The number of thiol groups is 1. The Bertz CT molecular complexity index is 1670. The summed E-state index contributed by atoms with van der Waals surface area (Å²) in [6.45, 7) is 0.249. The number of aromatic nitrogens is 2. The van der Waals surface area contributed by atoms with Crippen LogP contribution < -0.4 is 10.2 Å². The predicted molar refractivity (Wildman–Crippen MR) is 155 cm³/mol. The molecule has 4 aromatic rings. The van der Waals surface area contributed by atoms with E-state index in [4.69, 9.17) is 4.98 Å². The summed E-state index contributed by atoms with van der Waals surface area (Å²) in [6.07, 6.45) is 3.12. The number of nitrogens with zero attached hydrogens (tertiary/aromatic N) is 3. The number of alkyl halides is 2. The average Bonchev–Trinajstić information content (AvgIpc) is 2.92. The molecule has 2 aromatic carbocycles. The van der Waals surface area contributed by atoms with Gasteiger partial charge in [0.15, 0.2) is 0 Å². The Labute approximate surface area is 246 Å². The quantitative estimate of drug-likeness (QED) is 0.226. The molecule has 218 valence electrons. The number of aliphatic hydroxyl groups is 1. The lowest BCUT2D eigenvalue weighted by atomic mass is 9.56. The number of nitrogens with one attached hydrogen (secondary N) is 1. The number of benzene rings is 2. The first-order valence-electron chi connectivity index (χ1n) is 13.5. The molecule has 1 saturated heterocycles. The fraction of sp³-hybridized carbons (Fsp3) is 0.323. The standard InChI is InChI=1S/C31H29F3N4O3S/c1-30(40)14-31(15-30)16-38(17-31)26-4-2-3-25(37-26)23-6-5-19-11-35-21(10-24(19)27(23)32)12-36-28(39)20-7-18(8-22(42)9-20)13-41-29(33)34/h2-11,29,40,42H,12-17H2,1H3,(H,36,39). The third-order valence-corrected chi connectivity index (χ3v) is 8.10. The molecular weight excluding hydrogens is 565 g/mol. The second kappa shape index (κ2) is 10.9. The Morgan fingerprint density at radius 2 is 1.95 bits per heavy atom. The van der Waals surface area contributed by atoms with Gasteiger partial charge in [0.1, 0.15) is 11.6 Å². The van der Waals surface area contributed by atoms with Crippen molar-refractivity contribution in [3.8, 4) is 11.3 Å². The van der Waals surface area contributed by atoms with Gasteiger partial charge in [-0.05, 0) is 67.8 Å².